The molecule has 0 aliphatic carbocycles. The van der Waals surface area contributed by atoms with E-state index in [4.69, 9.17) is 4.74 Å². The molecule has 0 saturated heterocycles. The number of carbonyl (C=O) groups excluding carboxylic acids is 1. The standard InChI is InChI=1S/C21H19FN4O3/c1-2-29-15-6-4-14(5-7-15)24-18(27)9-10-26-12-23-19-16-11-13(22)3-8-17(16)25-20(19)21(26)28/h3-8,11-12,25H,2,9-10H2,1H3,(H,24,27). The Hall–Kier alpha value is -3.68. The normalized spacial score (nSPS) is 11.1. The number of amides is 1. The van der Waals surface area contributed by atoms with Gasteiger partial charge >= 0.3 is 0 Å². The number of carbonyl (C=O) groups is 1. The van der Waals surface area contributed by atoms with E-state index in [1.807, 2.05) is 6.92 Å². The molecule has 0 spiro atoms. The molecule has 2 aromatic heterocycles. The average Bonchev–Trinajstić information content (AvgIpc) is 3.08. The third-order valence-electron chi connectivity index (χ3n) is 4.56. The van der Waals surface area contributed by atoms with Gasteiger partial charge in [0, 0.05) is 29.6 Å². The smallest absolute Gasteiger partial charge is 0.277 e. The fourth-order valence-corrected chi connectivity index (χ4v) is 3.17. The van der Waals surface area contributed by atoms with E-state index >= 15 is 0 Å². The fourth-order valence-electron chi connectivity index (χ4n) is 3.17. The average molecular weight is 394 g/mol. The highest BCUT2D eigenvalue weighted by Crippen LogP contribution is 2.22. The molecular formula is C21H19FN4O3. The lowest BCUT2D eigenvalue weighted by Crippen LogP contribution is -2.23. The van der Waals surface area contributed by atoms with Crippen LogP contribution in [0.1, 0.15) is 13.3 Å². The SMILES string of the molecule is CCOc1ccc(NC(=O)CCn2cnc3c([nH]c4ccc(F)cc43)c2=O)cc1. The number of aromatic nitrogens is 3. The van der Waals surface area contributed by atoms with Crippen LogP contribution in [0.25, 0.3) is 21.9 Å². The minimum atomic E-state index is -0.393. The zero-order chi connectivity index (χ0) is 20.4. The Morgan fingerprint density at radius 1 is 1.24 bits per heavy atom. The number of halogens is 1. The number of fused-ring (bicyclic) bond motifs is 3. The molecule has 2 heterocycles. The summed E-state index contributed by atoms with van der Waals surface area (Å²) in [5, 5.41) is 3.34. The minimum Gasteiger partial charge on any atom is -0.494 e. The van der Waals surface area contributed by atoms with Crippen LogP contribution in [0.15, 0.2) is 53.6 Å². The summed E-state index contributed by atoms with van der Waals surface area (Å²) in [6.07, 6.45) is 1.49. The summed E-state index contributed by atoms with van der Waals surface area (Å²) < 4.78 is 20.2. The summed E-state index contributed by atoms with van der Waals surface area (Å²) in [7, 11) is 0. The molecule has 148 valence electrons. The van der Waals surface area contributed by atoms with Crippen molar-refractivity contribution in [3.63, 3.8) is 0 Å². The van der Waals surface area contributed by atoms with Gasteiger partial charge in [0.05, 0.1) is 12.9 Å². The summed E-state index contributed by atoms with van der Waals surface area (Å²) in [6.45, 7) is 2.65. The van der Waals surface area contributed by atoms with E-state index in [0.717, 1.165) is 5.75 Å². The maximum Gasteiger partial charge on any atom is 0.277 e. The first-order valence-corrected chi connectivity index (χ1v) is 9.24. The number of hydrogen-bond acceptors (Lipinski definition) is 4. The number of aromatic amines is 1. The van der Waals surface area contributed by atoms with E-state index in [1.165, 1.54) is 23.0 Å². The second kappa shape index (κ2) is 7.75. The molecule has 8 heteroatoms. The lowest BCUT2D eigenvalue weighted by Gasteiger charge is -2.08. The Kier molecular flexibility index (Phi) is 4.99. The van der Waals surface area contributed by atoms with E-state index < -0.39 is 5.82 Å². The third kappa shape index (κ3) is 3.82. The van der Waals surface area contributed by atoms with Crippen molar-refractivity contribution < 1.29 is 13.9 Å². The number of hydrogen-bond donors (Lipinski definition) is 2. The van der Waals surface area contributed by atoms with E-state index in [1.54, 1.807) is 30.3 Å². The Morgan fingerprint density at radius 2 is 2.03 bits per heavy atom. The van der Waals surface area contributed by atoms with E-state index in [9.17, 15) is 14.0 Å². The molecular weight excluding hydrogens is 375 g/mol. The highest BCUT2D eigenvalue weighted by molar-refractivity contribution is 6.04. The Morgan fingerprint density at radius 3 is 2.79 bits per heavy atom. The summed E-state index contributed by atoms with van der Waals surface area (Å²) in [4.78, 5) is 32.2. The van der Waals surface area contributed by atoms with Crippen LogP contribution in [0.2, 0.25) is 0 Å². The van der Waals surface area contributed by atoms with Crippen LogP contribution in [-0.2, 0) is 11.3 Å². The topological polar surface area (TPSA) is 89.0 Å². The number of nitrogens with zero attached hydrogens (tertiary/aromatic N) is 2. The van der Waals surface area contributed by atoms with Gasteiger partial charge < -0.3 is 15.0 Å². The molecule has 0 aliphatic heterocycles. The number of nitrogens with one attached hydrogen (secondary N) is 2. The van der Waals surface area contributed by atoms with Crippen LogP contribution < -0.4 is 15.6 Å². The highest BCUT2D eigenvalue weighted by Gasteiger charge is 2.12. The summed E-state index contributed by atoms with van der Waals surface area (Å²) in [6, 6.07) is 11.3. The van der Waals surface area contributed by atoms with Crippen molar-refractivity contribution in [2.45, 2.75) is 19.9 Å². The molecule has 0 atom stereocenters. The predicted molar refractivity (Wildman–Crippen MR) is 109 cm³/mol. The molecule has 0 radical (unpaired) electrons. The maximum absolute atomic E-state index is 13.5. The third-order valence-corrected chi connectivity index (χ3v) is 4.56. The van der Waals surface area contributed by atoms with Crippen molar-refractivity contribution in [2.24, 2.45) is 0 Å². The van der Waals surface area contributed by atoms with Crippen LogP contribution in [-0.4, -0.2) is 27.0 Å². The van der Waals surface area contributed by atoms with Crippen LogP contribution in [0, 0.1) is 5.82 Å². The van der Waals surface area contributed by atoms with E-state index in [0.29, 0.717) is 34.2 Å². The minimum absolute atomic E-state index is 0.106. The summed E-state index contributed by atoms with van der Waals surface area (Å²) >= 11 is 0. The van der Waals surface area contributed by atoms with Gasteiger partial charge in [0.15, 0.2) is 0 Å². The van der Waals surface area contributed by atoms with Gasteiger partial charge in [0.2, 0.25) is 5.91 Å². The van der Waals surface area contributed by atoms with Gasteiger partial charge in [-0.25, -0.2) is 9.37 Å². The molecule has 7 nitrogen and oxygen atoms in total. The zero-order valence-electron chi connectivity index (χ0n) is 15.7. The molecule has 0 aliphatic rings. The van der Waals surface area contributed by atoms with Gasteiger partial charge in [0.1, 0.15) is 22.6 Å². The van der Waals surface area contributed by atoms with Crippen molar-refractivity contribution in [1.29, 1.82) is 0 Å². The van der Waals surface area contributed by atoms with E-state index in [-0.39, 0.29) is 24.4 Å². The van der Waals surface area contributed by atoms with Crippen LogP contribution in [0.4, 0.5) is 10.1 Å². The van der Waals surface area contributed by atoms with Crippen molar-refractivity contribution in [2.75, 3.05) is 11.9 Å². The quantitative estimate of drug-likeness (QED) is 0.524. The van der Waals surface area contributed by atoms with Gasteiger partial charge in [-0.2, -0.15) is 0 Å². The van der Waals surface area contributed by atoms with Crippen molar-refractivity contribution in [1.82, 2.24) is 14.5 Å². The molecule has 0 saturated carbocycles. The number of H-pyrrole nitrogens is 1. The molecule has 2 N–H and O–H groups in total. The van der Waals surface area contributed by atoms with Crippen molar-refractivity contribution >= 4 is 33.5 Å². The van der Waals surface area contributed by atoms with Crippen LogP contribution in [0.5, 0.6) is 5.75 Å². The molecule has 2 aromatic carbocycles. The molecule has 1 amide bonds. The number of aryl methyl sites for hydroxylation is 1. The van der Waals surface area contributed by atoms with Gasteiger partial charge in [-0.1, -0.05) is 0 Å². The van der Waals surface area contributed by atoms with Gasteiger partial charge in [0.25, 0.3) is 5.56 Å². The molecule has 4 aromatic rings. The molecule has 0 bridgehead atoms. The number of benzene rings is 2. The molecule has 0 unspecified atom stereocenters. The second-order valence-electron chi connectivity index (χ2n) is 6.54. The second-order valence-corrected chi connectivity index (χ2v) is 6.54. The van der Waals surface area contributed by atoms with Gasteiger partial charge in [-0.3, -0.25) is 14.2 Å². The van der Waals surface area contributed by atoms with Crippen molar-refractivity contribution in [3.05, 3.63) is 65.0 Å². The highest BCUT2D eigenvalue weighted by atomic mass is 19.1. The first-order chi connectivity index (χ1) is 14.0. The first-order valence-electron chi connectivity index (χ1n) is 9.24. The molecule has 29 heavy (non-hydrogen) atoms. The predicted octanol–water partition coefficient (Wildman–Crippen LogP) is 3.44. The lowest BCUT2D eigenvalue weighted by molar-refractivity contribution is -0.116. The first kappa shape index (κ1) is 18.7. The summed E-state index contributed by atoms with van der Waals surface area (Å²) in [5.41, 5.74) is 1.69. The lowest BCUT2D eigenvalue weighted by atomic mass is 10.2. The Bertz CT molecular complexity index is 1240. The van der Waals surface area contributed by atoms with Crippen LogP contribution in [0.3, 0.4) is 0 Å². The number of ether oxygens (including phenoxy) is 1. The number of anilines is 1. The monoisotopic (exact) mass is 394 g/mol. The zero-order valence-corrected chi connectivity index (χ0v) is 15.7. The summed E-state index contributed by atoms with van der Waals surface area (Å²) in [5.74, 6) is 0.116. The van der Waals surface area contributed by atoms with Gasteiger partial charge in [-0.15, -0.1) is 0 Å². The maximum atomic E-state index is 13.5. The molecule has 4 rings (SSSR count). The van der Waals surface area contributed by atoms with Crippen LogP contribution >= 0.6 is 0 Å². The van der Waals surface area contributed by atoms with Crippen molar-refractivity contribution in [3.8, 4) is 5.75 Å². The number of rotatable bonds is 6. The Balaban J connectivity index is 1.47. The van der Waals surface area contributed by atoms with E-state index in [2.05, 4.69) is 15.3 Å². The largest absolute Gasteiger partial charge is 0.494 e. The fraction of sp³-hybridized carbons (Fsp3) is 0.190. The van der Waals surface area contributed by atoms with Gasteiger partial charge in [-0.05, 0) is 49.4 Å². The molecule has 0 fully saturated rings. The Labute approximate surface area is 165 Å².